The SMILES string of the molecule is O=C(C[C@H]1S/C(=N/N=C\c2ccco2)NC1=O)Nc1ccc(C(=O)O)cc1. The van der Waals surface area contributed by atoms with Gasteiger partial charge >= 0.3 is 5.97 Å². The van der Waals surface area contributed by atoms with Crippen molar-refractivity contribution in [1.29, 1.82) is 0 Å². The Hall–Kier alpha value is -3.40. The molecular weight excluding hydrogens is 372 g/mol. The molecule has 1 aliphatic heterocycles. The van der Waals surface area contributed by atoms with Gasteiger partial charge in [-0.05, 0) is 36.4 Å². The second kappa shape index (κ2) is 8.32. The van der Waals surface area contributed by atoms with Crippen molar-refractivity contribution in [3.63, 3.8) is 0 Å². The van der Waals surface area contributed by atoms with Crippen LogP contribution in [-0.4, -0.2) is 39.5 Å². The number of carbonyl (C=O) groups excluding carboxylic acids is 2. The normalized spacial score (nSPS) is 18.0. The lowest BCUT2D eigenvalue weighted by molar-refractivity contribution is -0.122. The van der Waals surface area contributed by atoms with Crippen LogP contribution in [0, 0.1) is 0 Å². The van der Waals surface area contributed by atoms with Crippen molar-refractivity contribution in [2.45, 2.75) is 11.7 Å². The van der Waals surface area contributed by atoms with E-state index in [9.17, 15) is 14.4 Å². The van der Waals surface area contributed by atoms with Gasteiger partial charge in [-0.1, -0.05) is 11.8 Å². The summed E-state index contributed by atoms with van der Waals surface area (Å²) in [6.45, 7) is 0. The van der Waals surface area contributed by atoms with Gasteiger partial charge < -0.3 is 20.2 Å². The largest absolute Gasteiger partial charge is 0.478 e. The van der Waals surface area contributed by atoms with Gasteiger partial charge in [0, 0.05) is 12.1 Å². The quantitative estimate of drug-likeness (QED) is 0.513. The number of carboxylic acid groups (broad SMARTS) is 1. The van der Waals surface area contributed by atoms with Gasteiger partial charge in [0.25, 0.3) is 0 Å². The summed E-state index contributed by atoms with van der Waals surface area (Å²) in [6.07, 6.45) is 2.85. The summed E-state index contributed by atoms with van der Waals surface area (Å²) in [4.78, 5) is 34.9. The Morgan fingerprint density at radius 3 is 2.74 bits per heavy atom. The summed E-state index contributed by atoms with van der Waals surface area (Å²) >= 11 is 1.11. The fourth-order valence-corrected chi connectivity index (χ4v) is 3.09. The molecular formula is C17H14N4O5S. The molecule has 10 heteroatoms. The summed E-state index contributed by atoms with van der Waals surface area (Å²) < 4.78 is 5.07. The first-order chi connectivity index (χ1) is 13.0. The van der Waals surface area contributed by atoms with Gasteiger partial charge in [0.1, 0.15) is 11.0 Å². The minimum absolute atomic E-state index is 0.0574. The number of hydrogen-bond acceptors (Lipinski definition) is 7. The molecule has 0 spiro atoms. The number of amides is 2. The van der Waals surface area contributed by atoms with Gasteiger partial charge in [0.2, 0.25) is 11.8 Å². The molecule has 1 aromatic heterocycles. The highest BCUT2D eigenvalue weighted by Gasteiger charge is 2.32. The second-order valence-electron chi connectivity index (χ2n) is 5.40. The number of nitrogens with zero attached hydrogens (tertiary/aromatic N) is 2. The first-order valence-electron chi connectivity index (χ1n) is 7.76. The van der Waals surface area contributed by atoms with Crippen molar-refractivity contribution >= 4 is 46.6 Å². The lowest BCUT2D eigenvalue weighted by Crippen LogP contribution is -2.28. The summed E-state index contributed by atoms with van der Waals surface area (Å²) in [5, 5.41) is 21.4. The van der Waals surface area contributed by atoms with E-state index in [4.69, 9.17) is 9.52 Å². The van der Waals surface area contributed by atoms with Crippen LogP contribution >= 0.6 is 11.8 Å². The van der Waals surface area contributed by atoms with Crippen LogP contribution in [0.3, 0.4) is 0 Å². The van der Waals surface area contributed by atoms with E-state index in [1.54, 1.807) is 12.1 Å². The van der Waals surface area contributed by atoms with E-state index in [0.717, 1.165) is 11.8 Å². The van der Waals surface area contributed by atoms with E-state index in [2.05, 4.69) is 20.8 Å². The van der Waals surface area contributed by atoms with Gasteiger partial charge in [-0.2, -0.15) is 5.10 Å². The molecule has 1 saturated heterocycles. The van der Waals surface area contributed by atoms with Crippen molar-refractivity contribution < 1.29 is 23.9 Å². The maximum atomic E-state index is 12.1. The molecule has 0 aliphatic carbocycles. The van der Waals surface area contributed by atoms with Crippen LogP contribution in [-0.2, 0) is 9.59 Å². The lowest BCUT2D eigenvalue weighted by atomic mass is 10.2. The summed E-state index contributed by atoms with van der Waals surface area (Å²) in [6, 6.07) is 9.16. The van der Waals surface area contributed by atoms with Crippen molar-refractivity contribution in [2.24, 2.45) is 10.2 Å². The Balaban J connectivity index is 1.53. The van der Waals surface area contributed by atoms with Crippen molar-refractivity contribution in [3.05, 3.63) is 54.0 Å². The molecule has 1 aliphatic rings. The third-order valence-corrected chi connectivity index (χ3v) is 4.51. The van der Waals surface area contributed by atoms with Crippen LogP contribution in [0.5, 0.6) is 0 Å². The van der Waals surface area contributed by atoms with Crippen LogP contribution in [0.25, 0.3) is 0 Å². The predicted molar refractivity (Wildman–Crippen MR) is 99.9 cm³/mol. The highest BCUT2D eigenvalue weighted by molar-refractivity contribution is 8.15. The molecule has 2 aromatic rings. The van der Waals surface area contributed by atoms with Gasteiger partial charge in [0.05, 0.1) is 18.0 Å². The first-order valence-corrected chi connectivity index (χ1v) is 8.64. The molecule has 0 bridgehead atoms. The van der Waals surface area contributed by atoms with Gasteiger partial charge in [-0.3, -0.25) is 9.59 Å². The van der Waals surface area contributed by atoms with E-state index >= 15 is 0 Å². The van der Waals surface area contributed by atoms with Gasteiger partial charge in [0.15, 0.2) is 5.17 Å². The maximum absolute atomic E-state index is 12.1. The lowest BCUT2D eigenvalue weighted by Gasteiger charge is -2.07. The third-order valence-electron chi connectivity index (χ3n) is 3.44. The van der Waals surface area contributed by atoms with Crippen LogP contribution in [0.2, 0.25) is 0 Å². The number of thioether (sulfide) groups is 1. The number of rotatable bonds is 6. The van der Waals surface area contributed by atoms with Crippen molar-refractivity contribution in [2.75, 3.05) is 5.32 Å². The minimum atomic E-state index is -1.05. The molecule has 1 aromatic carbocycles. The zero-order valence-corrected chi connectivity index (χ0v) is 14.6. The molecule has 2 amide bonds. The number of carbonyl (C=O) groups is 3. The van der Waals surface area contributed by atoms with E-state index in [-0.39, 0.29) is 23.8 Å². The number of furan rings is 1. The predicted octanol–water partition coefficient (Wildman–Crippen LogP) is 1.93. The Morgan fingerprint density at radius 2 is 2.07 bits per heavy atom. The Kier molecular flexibility index (Phi) is 5.67. The zero-order valence-electron chi connectivity index (χ0n) is 13.8. The summed E-state index contributed by atoms with van der Waals surface area (Å²) in [7, 11) is 0. The molecule has 0 radical (unpaired) electrons. The fraction of sp³-hybridized carbons (Fsp3) is 0.118. The summed E-state index contributed by atoms with van der Waals surface area (Å²) in [5.41, 5.74) is 0.569. The molecule has 1 fully saturated rings. The first kappa shape index (κ1) is 18.4. The number of anilines is 1. The number of nitrogens with one attached hydrogen (secondary N) is 2. The second-order valence-corrected chi connectivity index (χ2v) is 6.59. The molecule has 27 heavy (non-hydrogen) atoms. The van der Waals surface area contributed by atoms with E-state index in [1.165, 1.54) is 36.7 Å². The number of benzene rings is 1. The number of aromatic carboxylic acids is 1. The average molecular weight is 386 g/mol. The van der Waals surface area contributed by atoms with E-state index < -0.39 is 11.2 Å². The Morgan fingerprint density at radius 1 is 1.30 bits per heavy atom. The molecule has 3 N–H and O–H groups in total. The zero-order chi connectivity index (χ0) is 19.2. The minimum Gasteiger partial charge on any atom is -0.478 e. The molecule has 2 heterocycles. The molecule has 3 rings (SSSR count). The van der Waals surface area contributed by atoms with Gasteiger partial charge in [-0.25, -0.2) is 4.79 Å². The molecule has 138 valence electrons. The smallest absolute Gasteiger partial charge is 0.335 e. The fourth-order valence-electron chi connectivity index (χ4n) is 2.17. The highest BCUT2D eigenvalue weighted by atomic mass is 32.2. The monoisotopic (exact) mass is 386 g/mol. The maximum Gasteiger partial charge on any atom is 0.335 e. The average Bonchev–Trinajstić information content (AvgIpc) is 3.26. The Bertz CT molecular complexity index is 906. The van der Waals surface area contributed by atoms with Crippen LogP contribution in [0.4, 0.5) is 5.69 Å². The van der Waals surface area contributed by atoms with Crippen LogP contribution in [0.1, 0.15) is 22.5 Å². The van der Waals surface area contributed by atoms with Crippen molar-refractivity contribution in [1.82, 2.24) is 5.32 Å². The highest BCUT2D eigenvalue weighted by Crippen LogP contribution is 2.23. The number of amidine groups is 1. The van der Waals surface area contributed by atoms with Crippen molar-refractivity contribution in [3.8, 4) is 0 Å². The molecule has 0 unspecified atom stereocenters. The van der Waals surface area contributed by atoms with Crippen LogP contribution in [0.15, 0.2) is 57.3 Å². The topological polar surface area (TPSA) is 133 Å². The molecule has 1 atom stereocenters. The molecule has 9 nitrogen and oxygen atoms in total. The van der Waals surface area contributed by atoms with E-state index in [0.29, 0.717) is 16.6 Å². The summed E-state index contributed by atoms with van der Waals surface area (Å²) in [5.74, 6) is -1.22. The van der Waals surface area contributed by atoms with Crippen LogP contribution < -0.4 is 10.6 Å². The van der Waals surface area contributed by atoms with Gasteiger partial charge in [-0.15, -0.1) is 5.10 Å². The Labute approximate surface area is 157 Å². The number of hydrogen-bond donors (Lipinski definition) is 3. The third kappa shape index (κ3) is 5.05. The van der Waals surface area contributed by atoms with E-state index in [1.807, 2.05) is 0 Å². The number of carboxylic acids is 1. The standard InChI is InChI=1S/C17H14N4O5S/c22-14(19-11-5-3-10(4-6-11)16(24)25)8-13-15(23)20-17(27-13)21-18-9-12-2-1-7-26-12/h1-7,9,13H,8H2,(H,19,22)(H,24,25)(H,20,21,23)/b18-9-/t13-/m1/s1. The molecule has 0 saturated carbocycles.